The second kappa shape index (κ2) is 10.2. The number of hydrogen-bond acceptors (Lipinski definition) is 3. The maximum absolute atomic E-state index is 12.4. The Hall–Kier alpha value is -2.08. The van der Waals surface area contributed by atoms with Gasteiger partial charge in [0.15, 0.2) is 0 Å². The summed E-state index contributed by atoms with van der Waals surface area (Å²) in [6, 6.07) is 7.72. The number of urea groups is 1. The van der Waals surface area contributed by atoms with Gasteiger partial charge in [-0.1, -0.05) is 31.4 Å². The second-order valence-corrected chi connectivity index (χ2v) is 7.32. The highest BCUT2D eigenvalue weighted by Gasteiger charge is 2.21. The van der Waals surface area contributed by atoms with Crippen molar-refractivity contribution in [3.8, 4) is 0 Å². The van der Waals surface area contributed by atoms with Gasteiger partial charge in [-0.25, -0.2) is 4.79 Å². The molecule has 6 nitrogen and oxygen atoms in total. The molecule has 1 aromatic carbocycles. The smallest absolute Gasteiger partial charge is 0.317 e. The Morgan fingerprint density at radius 1 is 1.08 bits per heavy atom. The number of nitrogens with zero attached hydrogens (tertiary/aromatic N) is 2. The Balaban J connectivity index is 1.83. The Bertz CT molecular complexity index is 597. The fraction of sp³-hybridized carbons (Fsp3) is 0.600. The van der Waals surface area contributed by atoms with Gasteiger partial charge < -0.3 is 20.4 Å². The largest absolute Gasteiger partial charge is 0.351 e. The van der Waals surface area contributed by atoms with Gasteiger partial charge >= 0.3 is 6.03 Å². The lowest BCUT2D eigenvalue weighted by molar-refractivity contribution is 0.0951. The average molecular weight is 361 g/mol. The molecule has 1 aliphatic carbocycles. The third-order valence-corrected chi connectivity index (χ3v) is 4.92. The molecule has 0 bridgehead atoms. The van der Waals surface area contributed by atoms with Gasteiger partial charge in [-0.15, -0.1) is 0 Å². The minimum Gasteiger partial charge on any atom is -0.351 e. The van der Waals surface area contributed by atoms with Crippen molar-refractivity contribution in [1.29, 1.82) is 0 Å². The van der Waals surface area contributed by atoms with Crippen LogP contribution < -0.4 is 10.6 Å². The van der Waals surface area contributed by atoms with Gasteiger partial charge in [0.2, 0.25) is 0 Å². The summed E-state index contributed by atoms with van der Waals surface area (Å²) < 4.78 is 0. The summed E-state index contributed by atoms with van der Waals surface area (Å²) in [5.74, 6) is -0.0839. The lowest BCUT2D eigenvalue weighted by atomic mass is 9.95. The van der Waals surface area contributed by atoms with Gasteiger partial charge in [-0.05, 0) is 44.6 Å². The standard InChI is InChI=1S/C20H32N4O2/c1-23(2)13-12-21-19(25)17-9-7-8-16(14-17)15-22-20(26)24(3)18-10-5-4-6-11-18/h7-9,14,18H,4-6,10-13,15H2,1-3H3,(H,21,25)(H,22,26). The van der Waals surface area contributed by atoms with E-state index in [0.29, 0.717) is 24.7 Å². The molecule has 0 aliphatic heterocycles. The van der Waals surface area contributed by atoms with Crippen LogP contribution in [0.1, 0.15) is 48.0 Å². The molecule has 6 heteroatoms. The summed E-state index contributed by atoms with van der Waals surface area (Å²) in [6.07, 6.45) is 5.86. The van der Waals surface area contributed by atoms with Crippen LogP contribution in [0.25, 0.3) is 0 Å². The van der Waals surface area contributed by atoms with Crippen LogP contribution in [-0.2, 0) is 6.54 Å². The first-order valence-corrected chi connectivity index (χ1v) is 9.50. The van der Waals surface area contributed by atoms with Crippen LogP contribution in [0.5, 0.6) is 0 Å². The van der Waals surface area contributed by atoms with E-state index in [2.05, 4.69) is 10.6 Å². The summed E-state index contributed by atoms with van der Waals surface area (Å²) >= 11 is 0. The molecule has 1 fully saturated rings. The average Bonchev–Trinajstić information content (AvgIpc) is 2.66. The first-order valence-electron chi connectivity index (χ1n) is 9.50. The zero-order valence-electron chi connectivity index (χ0n) is 16.3. The van der Waals surface area contributed by atoms with Gasteiger partial charge in [0.05, 0.1) is 0 Å². The van der Waals surface area contributed by atoms with Crippen LogP contribution >= 0.6 is 0 Å². The lowest BCUT2D eigenvalue weighted by Crippen LogP contribution is -2.44. The van der Waals surface area contributed by atoms with Crippen LogP contribution in [0.15, 0.2) is 24.3 Å². The third kappa shape index (κ3) is 6.33. The molecule has 1 aromatic rings. The van der Waals surface area contributed by atoms with E-state index in [1.54, 1.807) is 6.07 Å². The van der Waals surface area contributed by atoms with E-state index in [9.17, 15) is 9.59 Å². The van der Waals surface area contributed by atoms with Crippen LogP contribution in [0.3, 0.4) is 0 Å². The van der Waals surface area contributed by atoms with E-state index in [4.69, 9.17) is 0 Å². The van der Waals surface area contributed by atoms with Gasteiger partial charge in [0, 0.05) is 38.3 Å². The SMILES string of the molecule is CN(C)CCNC(=O)c1cccc(CNC(=O)N(C)C2CCCCC2)c1. The van der Waals surface area contributed by atoms with Crippen molar-refractivity contribution in [2.24, 2.45) is 0 Å². The first kappa shape index (κ1) is 20.2. The van der Waals surface area contributed by atoms with E-state index < -0.39 is 0 Å². The Labute approximate surface area is 156 Å². The molecular formula is C20H32N4O2. The molecule has 0 radical (unpaired) electrons. The molecule has 144 valence electrons. The zero-order valence-corrected chi connectivity index (χ0v) is 16.3. The van der Waals surface area contributed by atoms with Crippen molar-refractivity contribution in [2.45, 2.75) is 44.7 Å². The molecule has 1 saturated carbocycles. The number of nitrogens with one attached hydrogen (secondary N) is 2. The lowest BCUT2D eigenvalue weighted by Gasteiger charge is -2.31. The molecule has 2 N–H and O–H groups in total. The maximum atomic E-state index is 12.4. The Morgan fingerprint density at radius 2 is 1.81 bits per heavy atom. The minimum absolute atomic E-state index is 0.0438. The molecule has 1 aliphatic rings. The summed E-state index contributed by atoms with van der Waals surface area (Å²) in [7, 11) is 5.82. The van der Waals surface area contributed by atoms with Crippen molar-refractivity contribution in [3.05, 3.63) is 35.4 Å². The van der Waals surface area contributed by atoms with Crippen molar-refractivity contribution in [3.63, 3.8) is 0 Å². The molecule has 0 unspecified atom stereocenters. The Kier molecular flexibility index (Phi) is 7.91. The van der Waals surface area contributed by atoms with Crippen LogP contribution in [0.4, 0.5) is 4.79 Å². The normalized spacial score (nSPS) is 14.9. The first-order chi connectivity index (χ1) is 12.5. The predicted octanol–water partition coefficient (Wildman–Crippen LogP) is 2.45. The van der Waals surface area contributed by atoms with Gasteiger partial charge in [0.25, 0.3) is 5.91 Å². The van der Waals surface area contributed by atoms with Gasteiger partial charge in [0.1, 0.15) is 0 Å². The second-order valence-electron chi connectivity index (χ2n) is 7.32. The highest BCUT2D eigenvalue weighted by atomic mass is 16.2. The highest BCUT2D eigenvalue weighted by molar-refractivity contribution is 5.94. The molecule has 2 rings (SSSR count). The van der Waals surface area contributed by atoms with E-state index >= 15 is 0 Å². The van der Waals surface area contributed by atoms with Crippen molar-refractivity contribution >= 4 is 11.9 Å². The van der Waals surface area contributed by atoms with Crippen molar-refractivity contribution < 1.29 is 9.59 Å². The van der Waals surface area contributed by atoms with E-state index in [1.165, 1.54) is 19.3 Å². The molecule has 0 heterocycles. The fourth-order valence-electron chi connectivity index (χ4n) is 3.25. The number of hydrogen-bond donors (Lipinski definition) is 2. The summed E-state index contributed by atoms with van der Waals surface area (Å²) in [4.78, 5) is 28.4. The van der Waals surface area contributed by atoms with Gasteiger partial charge in [-0.2, -0.15) is 0 Å². The summed E-state index contributed by atoms with van der Waals surface area (Å²) in [6.45, 7) is 1.84. The third-order valence-electron chi connectivity index (χ3n) is 4.92. The molecule has 0 saturated heterocycles. The number of amides is 3. The predicted molar refractivity (Wildman–Crippen MR) is 104 cm³/mol. The number of carbonyl (C=O) groups is 2. The van der Waals surface area contributed by atoms with E-state index in [1.807, 2.05) is 49.1 Å². The van der Waals surface area contributed by atoms with E-state index in [-0.39, 0.29) is 11.9 Å². The number of likely N-dealkylation sites (N-methyl/N-ethyl adjacent to an activating group) is 1. The number of rotatable bonds is 7. The highest BCUT2D eigenvalue weighted by Crippen LogP contribution is 2.21. The molecule has 26 heavy (non-hydrogen) atoms. The quantitative estimate of drug-likeness (QED) is 0.785. The summed E-state index contributed by atoms with van der Waals surface area (Å²) in [5.41, 5.74) is 1.55. The molecule has 3 amide bonds. The topological polar surface area (TPSA) is 64.7 Å². The molecule has 0 atom stereocenters. The van der Waals surface area contributed by atoms with E-state index in [0.717, 1.165) is 24.9 Å². The zero-order chi connectivity index (χ0) is 18.9. The van der Waals surface area contributed by atoms with Crippen LogP contribution in [0, 0.1) is 0 Å². The fourth-order valence-corrected chi connectivity index (χ4v) is 3.25. The summed E-state index contributed by atoms with van der Waals surface area (Å²) in [5, 5.41) is 5.88. The van der Waals surface area contributed by atoms with Crippen molar-refractivity contribution in [2.75, 3.05) is 34.2 Å². The molecular weight excluding hydrogens is 328 g/mol. The van der Waals surface area contributed by atoms with Crippen LogP contribution in [-0.4, -0.2) is 62.0 Å². The molecule has 0 spiro atoms. The maximum Gasteiger partial charge on any atom is 0.317 e. The monoisotopic (exact) mass is 360 g/mol. The number of benzene rings is 1. The Morgan fingerprint density at radius 3 is 2.50 bits per heavy atom. The minimum atomic E-state index is -0.0839. The number of carbonyl (C=O) groups excluding carboxylic acids is 2. The van der Waals surface area contributed by atoms with Crippen molar-refractivity contribution in [1.82, 2.24) is 20.4 Å². The molecule has 0 aromatic heterocycles. The van der Waals surface area contributed by atoms with Crippen LogP contribution in [0.2, 0.25) is 0 Å². The van der Waals surface area contributed by atoms with Gasteiger partial charge in [-0.3, -0.25) is 4.79 Å².